The lowest BCUT2D eigenvalue weighted by molar-refractivity contribution is -0.136. The molecule has 5 atom stereocenters. The van der Waals surface area contributed by atoms with Gasteiger partial charge in [0.05, 0.1) is 6.61 Å². The van der Waals surface area contributed by atoms with E-state index in [-0.39, 0.29) is 5.41 Å². The molecule has 0 aliphatic heterocycles. The van der Waals surface area contributed by atoms with Gasteiger partial charge in [0.15, 0.2) is 0 Å². The van der Waals surface area contributed by atoms with Gasteiger partial charge in [-0.1, -0.05) is 34.1 Å². The summed E-state index contributed by atoms with van der Waals surface area (Å²) in [6.07, 6.45) is 7.26. The van der Waals surface area contributed by atoms with Crippen molar-refractivity contribution in [3.8, 4) is 5.75 Å². The highest BCUT2D eigenvalue weighted by Crippen LogP contribution is 2.67. The van der Waals surface area contributed by atoms with Gasteiger partial charge < -0.3 is 20.3 Å². The van der Waals surface area contributed by atoms with E-state index in [4.69, 9.17) is 20.3 Å². The molecule has 2 saturated carbocycles. The molecule has 2 fully saturated rings. The molecule has 0 heterocycles. The Morgan fingerprint density at radius 1 is 1.18 bits per heavy atom. The van der Waals surface area contributed by atoms with Gasteiger partial charge in [0, 0.05) is 0 Å². The molecule has 1 aromatic carbocycles. The third-order valence-corrected chi connectivity index (χ3v) is 9.61. The Bertz CT molecular complexity index is 1000. The average molecular weight is 480 g/mol. The molecule has 184 valence electrons. The molecule has 0 spiro atoms. The van der Waals surface area contributed by atoms with E-state index in [0.717, 1.165) is 17.9 Å². The lowest BCUT2D eigenvalue weighted by Gasteiger charge is -2.61. The van der Waals surface area contributed by atoms with Gasteiger partial charge in [0.2, 0.25) is 0 Å². The Kier molecular flexibility index (Phi) is 6.15. The second-order valence-electron chi connectivity index (χ2n) is 11.7. The van der Waals surface area contributed by atoms with Crippen LogP contribution in [0.3, 0.4) is 0 Å². The van der Waals surface area contributed by atoms with Crippen LogP contribution >= 0.6 is 7.82 Å². The number of hydrogen-bond donors (Lipinski definition) is 3. The van der Waals surface area contributed by atoms with Crippen LogP contribution in [-0.4, -0.2) is 28.4 Å². The first-order chi connectivity index (χ1) is 15.2. The molecule has 3 unspecified atom stereocenters. The number of benzene rings is 1. The van der Waals surface area contributed by atoms with E-state index in [1.807, 2.05) is 12.1 Å². The number of rotatable bonds is 5. The van der Waals surface area contributed by atoms with Crippen LogP contribution in [0.2, 0.25) is 0 Å². The van der Waals surface area contributed by atoms with Gasteiger partial charge in [-0.05, 0) is 95.9 Å². The van der Waals surface area contributed by atoms with Crippen LogP contribution in [0.25, 0.3) is 0 Å². The van der Waals surface area contributed by atoms with Gasteiger partial charge in [0.1, 0.15) is 11.8 Å². The zero-order valence-electron chi connectivity index (χ0n) is 20.4. The standard InChI is InChI=1S/C25H38NO6P/c1-15-11-17(32-22(27)18(26)14-31-33(28,29)30)12-16-13-20-24(4)9-6-8-23(2,3)19(24)7-10-25(20,5)21(15)16/h11-12,18-20H,6-10,13-14,26H2,1-5H3,(H2,28,29,30)/t18?,19?,20-,24+,25?/m1/s1. The van der Waals surface area contributed by atoms with Crippen molar-refractivity contribution in [3.05, 3.63) is 28.8 Å². The summed E-state index contributed by atoms with van der Waals surface area (Å²) in [5, 5.41) is 0. The van der Waals surface area contributed by atoms with Crippen molar-refractivity contribution in [2.45, 2.75) is 84.6 Å². The van der Waals surface area contributed by atoms with Gasteiger partial charge in [-0.25, -0.2) is 9.36 Å². The van der Waals surface area contributed by atoms with Crippen molar-refractivity contribution in [1.29, 1.82) is 0 Å². The van der Waals surface area contributed by atoms with Crippen molar-refractivity contribution in [1.82, 2.24) is 0 Å². The topological polar surface area (TPSA) is 119 Å². The third kappa shape index (κ3) is 4.32. The number of phosphoric ester groups is 1. The number of fused-ring (bicyclic) bond motifs is 5. The number of esters is 1. The molecule has 0 saturated heterocycles. The number of aryl methyl sites for hydroxylation is 1. The highest BCUT2D eigenvalue weighted by Gasteiger charge is 2.61. The number of phosphoric acid groups is 1. The molecule has 8 heteroatoms. The largest absolute Gasteiger partial charge is 0.469 e. The highest BCUT2D eigenvalue weighted by atomic mass is 31.2. The van der Waals surface area contributed by atoms with E-state index in [2.05, 4.69) is 39.1 Å². The van der Waals surface area contributed by atoms with Gasteiger partial charge in [0.25, 0.3) is 0 Å². The van der Waals surface area contributed by atoms with Crippen LogP contribution in [0.4, 0.5) is 0 Å². The number of ether oxygens (including phenoxy) is 1. The quantitative estimate of drug-likeness (QED) is 0.325. The molecule has 0 bridgehead atoms. The predicted molar refractivity (Wildman–Crippen MR) is 126 cm³/mol. The van der Waals surface area contributed by atoms with Crippen LogP contribution in [-0.2, 0) is 25.7 Å². The van der Waals surface area contributed by atoms with Crippen molar-refractivity contribution >= 4 is 13.8 Å². The van der Waals surface area contributed by atoms with Crippen molar-refractivity contribution in [2.24, 2.45) is 28.4 Å². The number of carbonyl (C=O) groups excluding carboxylic acids is 1. The maximum Gasteiger partial charge on any atom is 0.469 e. The summed E-state index contributed by atoms with van der Waals surface area (Å²) in [5.41, 5.74) is 10.3. The molecule has 3 aliphatic rings. The molecule has 4 rings (SSSR count). The summed E-state index contributed by atoms with van der Waals surface area (Å²) >= 11 is 0. The Morgan fingerprint density at radius 3 is 2.55 bits per heavy atom. The Labute approximate surface area is 196 Å². The molecule has 4 N–H and O–H groups in total. The van der Waals surface area contributed by atoms with Crippen molar-refractivity contribution in [3.63, 3.8) is 0 Å². The maximum absolute atomic E-state index is 12.4. The van der Waals surface area contributed by atoms with E-state index in [1.54, 1.807) is 0 Å². The first kappa shape index (κ1) is 24.9. The summed E-state index contributed by atoms with van der Waals surface area (Å²) in [6, 6.07) is 2.57. The minimum absolute atomic E-state index is 0.119. The van der Waals surface area contributed by atoms with Crippen molar-refractivity contribution in [2.75, 3.05) is 6.61 Å². The maximum atomic E-state index is 12.4. The van der Waals surface area contributed by atoms with E-state index in [1.165, 1.54) is 43.2 Å². The zero-order chi connectivity index (χ0) is 24.4. The normalized spacial score (nSPS) is 33.6. The first-order valence-corrected chi connectivity index (χ1v) is 13.5. The molecule has 1 aromatic rings. The van der Waals surface area contributed by atoms with Crippen LogP contribution < -0.4 is 10.5 Å². The fourth-order valence-electron chi connectivity index (χ4n) is 7.93. The van der Waals surface area contributed by atoms with E-state index >= 15 is 0 Å². The first-order valence-electron chi connectivity index (χ1n) is 12.0. The molecule has 0 amide bonds. The Morgan fingerprint density at radius 2 is 1.88 bits per heavy atom. The smallest absolute Gasteiger partial charge is 0.425 e. The summed E-state index contributed by atoms with van der Waals surface area (Å²) < 4.78 is 20.7. The van der Waals surface area contributed by atoms with E-state index < -0.39 is 26.4 Å². The third-order valence-electron chi connectivity index (χ3n) is 9.12. The Balaban J connectivity index is 1.58. The minimum Gasteiger partial charge on any atom is -0.425 e. The van der Waals surface area contributed by atoms with Gasteiger partial charge in [-0.3, -0.25) is 4.52 Å². The fraction of sp³-hybridized carbons (Fsp3) is 0.720. The summed E-state index contributed by atoms with van der Waals surface area (Å²) in [5.74, 6) is 0.930. The average Bonchev–Trinajstić information content (AvgIpc) is 2.99. The van der Waals surface area contributed by atoms with Gasteiger partial charge in [-0.2, -0.15) is 0 Å². The molecular formula is C25H38NO6P. The number of nitrogens with two attached hydrogens (primary N) is 1. The minimum atomic E-state index is -4.70. The lowest BCUT2D eigenvalue weighted by Crippen LogP contribution is -2.55. The van der Waals surface area contributed by atoms with Crippen molar-refractivity contribution < 1.29 is 28.4 Å². The van der Waals surface area contributed by atoms with Crippen LogP contribution in [0.1, 0.15) is 76.5 Å². The highest BCUT2D eigenvalue weighted by molar-refractivity contribution is 7.46. The molecule has 0 radical (unpaired) electrons. The predicted octanol–water partition coefficient (Wildman–Crippen LogP) is 4.39. The van der Waals surface area contributed by atoms with Crippen LogP contribution in [0, 0.1) is 29.6 Å². The molecular weight excluding hydrogens is 441 g/mol. The summed E-state index contributed by atoms with van der Waals surface area (Å²) in [7, 11) is -4.70. The Hall–Kier alpha value is -1.24. The molecule has 33 heavy (non-hydrogen) atoms. The number of carbonyl (C=O) groups is 1. The zero-order valence-corrected chi connectivity index (χ0v) is 21.3. The lowest BCUT2D eigenvalue weighted by atomic mass is 9.43. The van der Waals surface area contributed by atoms with E-state index in [9.17, 15) is 9.36 Å². The van der Waals surface area contributed by atoms with E-state index in [0.29, 0.717) is 22.5 Å². The van der Waals surface area contributed by atoms with Gasteiger partial charge >= 0.3 is 13.8 Å². The monoisotopic (exact) mass is 479 g/mol. The summed E-state index contributed by atoms with van der Waals surface area (Å²) in [6.45, 7) is 11.3. The molecule has 7 nitrogen and oxygen atoms in total. The molecule has 0 aromatic heterocycles. The fourth-order valence-corrected chi connectivity index (χ4v) is 8.28. The van der Waals surface area contributed by atoms with Crippen LogP contribution in [0.15, 0.2) is 12.1 Å². The second-order valence-corrected chi connectivity index (χ2v) is 12.9. The SMILES string of the molecule is Cc1cc(OC(=O)C(N)COP(=O)(O)O)cc2c1C1(C)CCC3C(C)(C)CCC[C@]3(C)[C@H]1C2. The second kappa shape index (κ2) is 8.17. The summed E-state index contributed by atoms with van der Waals surface area (Å²) in [4.78, 5) is 30.0. The molecule has 3 aliphatic carbocycles. The van der Waals surface area contributed by atoms with Gasteiger partial charge in [-0.15, -0.1) is 0 Å². The van der Waals surface area contributed by atoms with Crippen LogP contribution in [0.5, 0.6) is 5.75 Å². The number of hydrogen-bond acceptors (Lipinski definition) is 5.